The fourth-order valence-electron chi connectivity index (χ4n) is 3.88. The number of hydrogen-bond donors (Lipinski definition) is 2. The summed E-state index contributed by atoms with van der Waals surface area (Å²) in [4.78, 5) is 14.5. The van der Waals surface area contributed by atoms with Crippen LogP contribution in [0.25, 0.3) is 0 Å². The minimum absolute atomic E-state index is 0.0209. The summed E-state index contributed by atoms with van der Waals surface area (Å²) in [5.74, 6) is 1.51. The van der Waals surface area contributed by atoms with E-state index >= 15 is 0 Å². The average molecular weight is 345 g/mol. The number of nitrogens with one attached hydrogen (secondary N) is 2. The molecule has 1 aromatic carbocycles. The first-order valence-corrected chi connectivity index (χ1v) is 9.62. The van der Waals surface area contributed by atoms with Gasteiger partial charge in [-0.2, -0.15) is 0 Å². The van der Waals surface area contributed by atoms with Crippen molar-refractivity contribution >= 4 is 6.03 Å². The Labute approximate surface area is 151 Å². The Hall–Kier alpha value is -1.75. The number of benzene rings is 1. The van der Waals surface area contributed by atoms with Gasteiger partial charge in [0, 0.05) is 19.1 Å². The van der Waals surface area contributed by atoms with Crippen LogP contribution < -0.4 is 15.4 Å². The third-order valence-corrected chi connectivity index (χ3v) is 5.51. The summed E-state index contributed by atoms with van der Waals surface area (Å²) in [7, 11) is 1.70. The molecule has 5 heteroatoms. The van der Waals surface area contributed by atoms with E-state index in [0.717, 1.165) is 57.6 Å². The number of hydrogen-bond acceptors (Lipinski definition) is 3. The van der Waals surface area contributed by atoms with Gasteiger partial charge in [0.1, 0.15) is 5.75 Å². The summed E-state index contributed by atoms with van der Waals surface area (Å²) < 4.78 is 5.21. The van der Waals surface area contributed by atoms with Gasteiger partial charge < -0.3 is 15.4 Å². The molecule has 2 fully saturated rings. The van der Waals surface area contributed by atoms with Crippen LogP contribution in [0, 0.1) is 5.92 Å². The summed E-state index contributed by atoms with van der Waals surface area (Å²) in [6, 6.07) is 8.74. The molecule has 0 radical (unpaired) electrons. The Morgan fingerprint density at radius 2 is 1.80 bits per heavy atom. The van der Waals surface area contributed by atoms with Gasteiger partial charge in [-0.05, 0) is 62.4 Å². The molecule has 3 rings (SSSR count). The second-order valence-electron chi connectivity index (χ2n) is 7.40. The van der Waals surface area contributed by atoms with Crippen molar-refractivity contribution in [3.63, 3.8) is 0 Å². The highest BCUT2D eigenvalue weighted by Gasteiger charge is 2.21. The molecule has 0 spiro atoms. The number of ether oxygens (including phenoxy) is 1. The second kappa shape index (κ2) is 9.09. The Morgan fingerprint density at radius 1 is 1.12 bits per heavy atom. The van der Waals surface area contributed by atoms with Gasteiger partial charge in [0.05, 0.1) is 7.11 Å². The molecular formula is C20H31N3O2. The summed E-state index contributed by atoms with van der Waals surface area (Å²) in [6.45, 7) is 3.99. The largest absolute Gasteiger partial charge is 0.497 e. The van der Waals surface area contributed by atoms with Crippen molar-refractivity contribution in [2.45, 2.75) is 51.1 Å². The normalized spacial score (nSPS) is 19.7. The number of carbonyl (C=O) groups excluding carboxylic acids is 1. The van der Waals surface area contributed by atoms with E-state index < -0.39 is 0 Å². The van der Waals surface area contributed by atoms with Crippen molar-refractivity contribution in [1.29, 1.82) is 0 Å². The third-order valence-electron chi connectivity index (χ3n) is 5.51. The summed E-state index contributed by atoms with van der Waals surface area (Å²) in [5.41, 5.74) is 1.33. The Morgan fingerprint density at radius 3 is 2.44 bits per heavy atom. The van der Waals surface area contributed by atoms with E-state index in [1.54, 1.807) is 7.11 Å². The van der Waals surface area contributed by atoms with Crippen molar-refractivity contribution in [3.8, 4) is 5.75 Å². The molecule has 1 heterocycles. The lowest BCUT2D eigenvalue weighted by Gasteiger charge is -2.32. The lowest BCUT2D eigenvalue weighted by molar-refractivity contribution is 0.174. The van der Waals surface area contributed by atoms with E-state index in [4.69, 9.17) is 4.74 Å². The van der Waals surface area contributed by atoms with Crippen molar-refractivity contribution in [2.24, 2.45) is 5.92 Å². The predicted octanol–water partition coefficient (Wildman–Crippen LogP) is 3.15. The predicted molar refractivity (Wildman–Crippen MR) is 99.8 cm³/mol. The van der Waals surface area contributed by atoms with Crippen LogP contribution in [0.5, 0.6) is 5.75 Å². The van der Waals surface area contributed by atoms with Crippen LogP contribution in [0.2, 0.25) is 0 Å². The Bertz CT molecular complexity index is 532. The molecule has 25 heavy (non-hydrogen) atoms. The van der Waals surface area contributed by atoms with Crippen molar-refractivity contribution < 1.29 is 9.53 Å². The van der Waals surface area contributed by atoms with Crippen LogP contribution in [0.4, 0.5) is 4.79 Å². The van der Waals surface area contributed by atoms with E-state index in [1.807, 2.05) is 12.1 Å². The number of nitrogens with zero attached hydrogens (tertiary/aromatic N) is 1. The van der Waals surface area contributed by atoms with Crippen LogP contribution in [-0.2, 0) is 6.54 Å². The van der Waals surface area contributed by atoms with E-state index in [9.17, 15) is 4.79 Å². The number of amides is 2. The van der Waals surface area contributed by atoms with Gasteiger partial charge in [-0.25, -0.2) is 4.79 Å². The fraction of sp³-hybridized carbons (Fsp3) is 0.650. The Balaban J connectivity index is 1.33. The molecule has 0 aromatic heterocycles. The molecule has 0 unspecified atom stereocenters. The zero-order valence-electron chi connectivity index (χ0n) is 15.3. The van der Waals surface area contributed by atoms with Gasteiger partial charge >= 0.3 is 6.03 Å². The highest BCUT2D eigenvalue weighted by Crippen LogP contribution is 2.20. The first-order chi connectivity index (χ1) is 12.2. The average Bonchev–Trinajstić information content (AvgIpc) is 3.15. The number of urea groups is 1. The number of methoxy groups -OCH3 is 1. The second-order valence-corrected chi connectivity index (χ2v) is 7.40. The first kappa shape index (κ1) is 18.1. The van der Waals surface area contributed by atoms with E-state index in [1.165, 1.54) is 18.4 Å². The van der Waals surface area contributed by atoms with Crippen LogP contribution in [0.3, 0.4) is 0 Å². The molecule has 0 bridgehead atoms. The highest BCUT2D eigenvalue weighted by molar-refractivity contribution is 5.74. The molecule has 0 atom stereocenters. The van der Waals surface area contributed by atoms with Crippen LogP contribution in [0.1, 0.15) is 44.1 Å². The van der Waals surface area contributed by atoms with Gasteiger partial charge in [0.2, 0.25) is 0 Å². The van der Waals surface area contributed by atoms with Gasteiger partial charge in [0.15, 0.2) is 0 Å². The lowest BCUT2D eigenvalue weighted by atomic mass is 9.96. The molecule has 1 aliphatic heterocycles. The quantitative estimate of drug-likeness (QED) is 0.833. The Kier molecular flexibility index (Phi) is 6.56. The van der Waals surface area contributed by atoms with Crippen molar-refractivity contribution in [2.75, 3.05) is 26.7 Å². The SMILES string of the molecule is COc1ccc(CN2CCC(CNC(=O)NC3CCCC3)CC2)cc1. The van der Waals surface area contributed by atoms with Gasteiger partial charge in [-0.15, -0.1) is 0 Å². The van der Waals surface area contributed by atoms with Crippen molar-refractivity contribution in [3.05, 3.63) is 29.8 Å². The van der Waals surface area contributed by atoms with Crippen LogP contribution in [-0.4, -0.2) is 43.7 Å². The topological polar surface area (TPSA) is 53.6 Å². The molecule has 1 saturated heterocycles. The van der Waals surface area contributed by atoms with Gasteiger partial charge in [0.25, 0.3) is 0 Å². The maximum Gasteiger partial charge on any atom is 0.315 e. The van der Waals surface area contributed by atoms with Gasteiger partial charge in [-0.3, -0.25) is 4.90 Å². The fourth-order valence-corrected chi connectivity index (χ4v) is 3.88. The number of carbonyl (C=O) groups is 1. The molecule has 2 amide bonds. The minimum Gasteiger partial charge on any atom is -0.497 e. The number of piperidine rings is 1. The van der Waals surface area contributed by atoms with E-state index in [0.29, 0.717) is 12.0 Å². The zero-order chi connectivity index (χ0) is 17.5. The maximum atomic E-state index is 12.0. The maximum absolute atomic E-state index is 12.0. The lowest BCUT2D eigenvalue weighted by Crippen LogP contribution is -2.44. The molecular weight excluding hydrogens is 314 g/mol. The van der Waals surface area contributed by atoms with E-state index in [2.05, 4.69) is 27.7 Å². The summed E-state index contributed by atoms with van der Waals surface area (Å²) in [6.07, 6.45) is 7.07. The smallest absolute Gasteiger partial charge is 0.315 e. The molecule has 2 N–H and O–H groups in total. The first-order valence-electron chi connectivity index (χ1n) is 9.62. The molecule has 138 valence electrons. The van der Waals surface area contributed by atoms with Crippen molar-refractivity contribution in [1.82, 2.24) is 15.5 Å². The minimum atomic E-state index is 0.0209. The van der Waals surface area contributed by atoms with Crippen LogP contribution in [0.15, 0.2) is 24.3 Å². The number of likely N-dealkylation sites (tertiary alicyclic amines) is 1. The van der Waals surface area contributed by atoms with Crippen LogP contribution >= 0.6 is 0 Å². The standard InChI is InChI=1S/C20H31N3O2/c1-25-19-8-6-17(7-9-19)15-23-12-10-16(11-13-23)14-21-20(24)22-18-4-2-3-5-18/h6-9,16,18H,2-5,10-15H2,1H3,(H2,21,22,24). The van der Waals surface area contributed by atoms with Gasteiger partial charge in [-0.1, -0.05) is 25.0 Å². The molecule has 2 aliphatic rings. The summed E-state index contributed by atoms with van der Waals surface area (Å²) >= 11 is 0. The molecule has 1 aromatic rings. The molecule has 1 saturated carbocycles. The van der Waals surface area contributed by atoms with E-state index in [-0.39, 0.29) is 6.03 Å². The monoisotopic (exact) mass is 345 g/mol. The highest BCUT2D eigenvalue weighted by atomic mass is 16.5. The zero-order valence-corrected chi connectivity index (χ0v) is 15.3. The number of rotatable bonds is 6. The molecule has 1 aliphatic carbocycles. The summed E-state index contributed by atoms with van der Waals surface area (Å²) in [5, 5.41) is 6.17. The third kappa shape index (κ3) is 5.63. The molecule has 5 nitrogen and oxygen atoms in total.